The number of amides is 3. The van der Waals surface area contributed by atoms with Crippen LogP contribution in [0, 0.1) is 6.92 Å². The number of nitrogens with zero attached hydrogens (tertiary/aromatic N) is 1. The Labute approximate surface area is 204 Å². The number of aryl methyl sites for hydroxylation is 1. The summed E-state index contributed by atoms with van der Waals surface area (Å²) in [5.74, 6) is -1.11. The summed E-state index contributed by atoms with van der Waals surface area (Å²) in [6.45, 7) is 1.68. The van der Waals surface area contributed by atoms with E-state index < -0.39 is 23.5 Å². The quantitative estimate of drug-likeness (QED) is 0.355. The first-order valence-corrected chi connectivity index (χ1v) is 10.9. The summed E-state index contributed by atoms with van der Waals surface area (Å²) in [7, 11) is 0. The lowest BCUT2D eigenvalue weighted by atomic mass is 10.0. The number of carbonyl (C=O) groups is 3. The highest BCUT2D eigenvalue weighted by molar-refractivity contribution is 5.97. The fourth-order valence-electron chi connectivity index (χ4n) is 3.76. The Hall–Kier alpha value is -4.86. The first-order chi connectivity index (χ1) is 17.2. The number of primary amides is 1. The van der Waals surface area contributed by atoms with E-state index in [9.17, 15) is 24.3 Å². The molecule has 0 spiro atoms. The molecule has 10 heteroatoms. The van der Waals surface area contributed by atoms with Crippen molar-refractivity contribution in [3.63, 3.8) is 0 Å². The molecule has 2 heterocycles. The highest BCUT2D eigenvalue weighted by Gasteiger charge is 2.23. The number of imide groups is 1. The summed E-state index contributed by atoms with van der Waals surface area (Å²) in [5.41, 5.74) is 6.76. The smallest absolute Gasteiger partial charge is 0.336 e. The molecule has 0 aliphatic rings. The number of carboxylic acids is 1. The van der Waals surface area contributed by atoms with Crippen LogP contribution >= 0.6 is 0 Å². The van der Waals surface area contributed by atoms with E-state index in [1.54, 1.807) is 43.3 Å². The molecule has 0 saturated heterocycles. The van der Waals surface area contributed by atoms with Crippen molar-refractivity contribution in [2.24, 2.45) is 5.73 Å². The van der Waals surface area contributed by atoms with E-state index in [4.69, 9.17) is 19.3 Å². The molecule has 4 aromatic rings. The highest BCUT2D eigenvalue weighted by atomic mass is 16.5. The topological polar surface area (TPSA) is 153 Å². The number of ether oxygens (including phenoxy) is 1. The number of rotatable bonds is 8. The molecule has 0 fully saturated rings. The van der Waals surface area contributed by atoms with Gasteiger partial charge in [0.15, 0.2) is 0 Å². The zero-order valence-corrected chi connectivity index (χ0v) is 19.2. The Balaban J connectivity index is 1.54. The van der Waals surface area contributed by atoms with E-state index >= 15 is 0 Å². The van der Waals surface area contributed by atoms with E-state index in [0.717, 1.165) is 15.8 Å². The van der Waals surface area contributed by atoms with Crippen molar-refractivity contribution < 1.29 is 33.1 Å². The van der Waals surface area contributed by atoms with Gasteiger partial charge in [-0.2, -0.15) is 0 Å². The number of benzene rings is 2. The first-order valence-electron chi connectivity index (χ1n) is 10.9. The summed E-state index contributed by atoms with van der Waals surface area (Å²) >= 11 is 0. The van der Waals surface area contributed by atoms with Crippen LogP contribution in [0.15, 0.2) is 74.5 Å². The number of carboxylic acid groups (broad SMARTS) is 1. The fraction of sp³-hybridized carbons (Fsp3) is 0.154. The predicted molar refractivity (Wildman–Crippen MR) is 127 cm³/mol. The van der Waals surface area contributed by atoms with Crippen molar-refractivity contribution >= 4 is 28.9 Å². The molecule has 3 amide bonds. The van der Waals surface area contributed by atoms with E-state index in [0.29, 0.717) is 22.7 Å². The third-order valence-corrected chi connectivity index (χ3v) is 5.53. The summed E-state index contributed by atoms with van der Waals surface area (Å²) in [6.07, 6.45) is 1.02. The highest BCUT2D eigenvalue weighted by Crippen LogP contribution is 2.23. The monoisotopic (exact) mass is 490 g/mol. The van der Waals surface area contributed by atoms with Gasteiger partial charge in [0, 0.05) is 17.5 Å². The minimum Gasteiger partial charge on any atom is -0.489 e. The van der Waals surface area contributed by atoms with Gasteiger partial charge in [-0.3, -0.25) is 9.69 Å². The van der Waals surface area contributed by atoms with Crippen LogP contribution in [0.25, 0.3) is 11.0 Å². The van der Waals surface area contributed by atoms with Gasteiger partial charge in [0.05, 0.1) is 24.8 Å². The number of furan rings is 1. The van der Waals surface area contributed by atoms with Crippen LogP contribution in [0.4, 0.5) is 4.79 Å². The van der Waals surface area contributed by atoms with Crippen molar-refractivity contribution in [3.05, 3.63) is 99.3 Å². The maximum atomic E-state index is 12.8. The second-order valence-electron chi connectivity index (χ2n) is 8.07. The van der Waals surface area contributed by atoms with Crippen LogP contribution in [0.3, 0.4) is 0 Å². The molecule has 0 atom stereocenters. The van der Waals surface area contributed by atoms with Gasteiger partial charge in [-0.15, -0.1) is 0 Å². The zero-order valence-electron chi connectivity index (χ0n) is 19.2. The van der Waals surface area contributed by atoms with Gasteiger partial charge >= 0.3 is 17.6 Å². The fourth-order valence-corrected chi connectivity index (χ4v) is 3.76. The SMILES string of the molecule is Cc1cc(=O)oc2cc(OCc3ccc(C(=O)O)c(CC(=O)N(Cc4ccco4)C(N)=O)c3)ccc12. The molecular weight excluding hydrogens is 468 g/mol. The van der Waals surface area contributed by atoms with E-state index in [1.165, 1.54) is 24.5 Å². The van der Waals surface area contributed by atoms with Crippen LogP contribution < -0.4 is 16.1 Å². The van der Waals surface area contributed by atoms with Gasteiger partial charge < -0.3 is 24.4 Å². The summed E-state index contributed by atoms with van der Waals surface area (Å²) in [5, 5.41) is 10.4. The molecule has 0 unspecified atom stereocenters. The second kappa shape index (κ2) is 10.2. The molecule has 4 rings (SSSR count). The molecule has 0 aliphatic carbocycles. The second-order valence-corrected chi connectivity index (χ2v) is 8.07. The minimum atomic E-state index is -1.22. The van der Waals surface area contributed by atoms with Gasteiger partial charge in [0.25, 0.3) is 0 Å². The van der Waals surface area contributed by atoms with Gasteiger partial charge in [-0.05, 0) is 53.9 Å². The number of hydrogen-bond acceptors (Lipinski definition) is 7. The van der Waals surface area contributed by atoms with Crippen LogP contribution in [0.5, 0.6) is 5.75 Å². The molecular formula is C26H22N2O8. The molecule has 0 aliphatic heterocycles. The Morgan fingerprint density at radius 1 is 1.08 bits per heavy atom. The van der Waals surface area contributed by atoms with Gasteiger partial charge in [0.1, 0.15) is 23.7 Å². The molecule has 0 bridgehead atoms. The number of urea groups is 1. The standard InChI is InChI=1S/C26H22N2O8/c1-15-9-24(30)36-22-12-18(5-7-20(15)22)35-14-16-4-6-21(25(31)32)17(10-16)11-23(29)28(26(27)33)13-19-3-2-8-34-19/h2-10,12H,11,13-14H2,1H3,(H2,27,33)(H,31,32). The molecule has 3 N–H and O–H groups in total. The molecule has 2 aromatic carbocycles. The van der Waals surface area contributed by atoms with Gasteiger partial charge in [-0.25, -0.2) is 14.4 Å². The molecule has 36 heavy (non-hydrogen) atoms. The van der Waals surface area contributed by atoms with Crippen LogP contribution in [0.2, 0.25) is 0 Å². The number of nitrogens with two attached hydrogens (primary N) is 1. The number of fused-ring (bicyclic) bond motifs is 1. The zero-order chi connectivity index (χ0) is 25.8. The maximum Gasteiger partial charge on any atom is 0.336 e. The number of aromatic carboxylic acids is 1. The molecule has 0 saturated carbocycles. The predicted octanol–water partition coefficient (Wildman–Crippen LogP) is 3.62. The first kappa shape index (κ1) is 24.3. The maximum absolute atomic E-state index is 12.8. The van der Waals surface area contributed by atoms with E-state index in [-0.39, 0.29) is 30.7 Å². The summed E-state index contributed by atoms with van der Waals surface area (Å²) in [4.78, 5) is 48.9. The number of carbonyl (C=O) groups excluding carboxylic acids is 2. The lowest BCUT2D eigenvalue weighted by molar-refractivity contribution is -0.128. The molecule has 2 aromatic heterocycles. The van der Waals surface area contributed by atoms with Crippen molar-refractivity contribution in [2.45, 2.75) is 26.5 Å². The third kappa shape index (κ3) is 5.44. The largest absolute Gasteiger partial charge is 0.489 e. The Kier molecular flexibility index (Phi) is 6.86. The number of hydrogen-bond donors (Lipinski definition) is 2. The van der Waals surface area contributed by atoms with Crippen molar-refractivity contribution in [3.8, 4) is 5.75 Å². The summed E-state index contributed by atoms with van der Waals surface area (Å²) in [6, 6.07) is 13.2. The van der Waals surface area contributed by atoms with Crippen LogP contribution in [-0.2, 0) is 24.4 Å². The third-order valence-electron chi connectivity index (χ3n) is 5.53. The van der Waals surface area contributed by atoms with Crippen molar-refractivity contribution in [1.29, 1.82) is 0 Å². The van der Waals surface area contributed by atoms with Crippen molar-refractivity contribution in [1.82, 2.24) is 4.90 Å². The Bertz CT molecular complexity index is 1500. The Morgan fingerprint density at radius 3 is 2.58 bits per heavy atom. The van der Waals surface area contributed by atoms with Gasteiger partial charge in [-0.1, -0.05) is 12.1 Å². The lowest BCUT2D eigenvalue weighted by Gasteiger charge is -2.18. The molecule has 0 radical (unpaired) electrons. The molecule has 10 nitrogen and oxygen atoms in total. The Morgan fingerprint density at radius 2 is 1.89 bits per heavy atom. The van der Waals surface area contributed by atoms with E-state index in [2.05, 4.69) is 0 Å². The normalized spacial score (nSPS) is 10.8. The summed E-state index contributed by atoms with van der Waals surface area (Å²) < 4.78 is 16.2. The average molecular weight is 490 g/mol. The van der Waals surface area contributed by atoms with Crippen LogP contribution in [-0.4, -0.2) is 27.9 Å². The van der Waals surface area contributed by atoms with Crippen LogP contribution in [0.1, 0.15) is 32.8 Å². The average Bonchev–Trinajstić information content (AvgIpc) is 3.34. The lowest BCUT2D eigenvalue weighted by Crippen LogP contribution is -2.41. The van der Waals surface area contributed by atoms with E-state index in [1.807, 2.05) is 0 Å². The minimum absolute atomic E-state index is 0.0502. The molecule has 184 valence electrons. The van der Waals surface area contributed by atoms with Gasteiger partial charge in [0.2, 0.25) is 5.91 Å². The van der Waals surface area contributed by atoms with Crippen molar-refractivity contribution in [2.75, 3.05) is 0 Å².